The van der Waals surface area contributed by atoms with Gasteiger partial charge < -0.3 is 15.0 Å². The van der Waals surface area contributed by atoms with Gasteiger partial charge in [-0.05, 0) is 74.2 Å². The number of aromatic nitrogens is 6. The van der Waals surface area contributed by atoms with E-state index in [9.17, 15) is 43.9 Å². The van der Waals surface area contributed by atoms with E-state index in [2.05, 4.69) is 20.2 Å². The van der Waals surface area contributed by atoms with Crippen LogP contribution in [-0.4, -0.2) is 81.4 Å². The molecule has 9 rings (SSSR count). The number of benzene rings is 3. The lowest BCUT2D eigenvalue weighted by atomic mass is 10.0. The van der Waals surface area contributed by atoms with Crippen molar-refractivity contribution in [3.63, 3.8) is 0 Å². The average molecular weight is 986 g/mol. The lowest BCUT2D eigenvalue weighted by molar-refractivity contribution is -0.142. The number of ether oxygens (including phenoxy) is 1. The summed E-state index contributed by atoms with van der Waals surface area (Å²) < 4.78 is 167. The number of morpholine rings is 1. The van der Waals surface area contributed by atoms with Gasteiger partial charge in [0.15, 0.2) is 11.5 Å². The van der Waals surface area contributed by atoms with Gasteiger partial charge in [-0.25, -0.2) is 31.0 Å². The van der Waals surface area contributed by atoms with Crippen molar-refractivity contribution in [3.8, 4) is 5.69 Å². The topological polar surface area (TPSA) is 158 Å². The molecule has 0 bridgehead atoms. The number of hydrogen-bond donors (Lipinski definition) is 2. The minimum atomic E-state index is -5.16. The summed E-state index contributed by atoms with van der Waals surface area (Å²) in [5.74, 6) is -10.7. The highest BCUT2D eigenvalue weighted by atomic mass is 35.5. The zero-order chi connectivity index (χ0) is 48.2. The molecule has 5 atom stereocenters. The Morgan fingerprint density at radius 3 is 2.33 bits per heavy atom. The lowest BCUT2D eigenvalue weighted by Crippen LogP contribution is -2.45. The van der Waals surface area contributed by atoms with Crippen molar-refractivity contribution in [2.75, 3.05) is 29.0 Å². The predicted octanol–water partition coefficient (Wildman–Crippen LogP) is 7.44. The first-order chi connectivity index (χ1) is 31.4. The first-order valence-electron chi connectivity index (χ1n) is 20.6. The second-order valence-corrected chi connectivity index (χ2v) is 19.2. The van der Waals surface area contributed by atoms with Gasteiger partial charge in [-0.15, -0.1) is 0 Å². The summed E-state index contributed by atoms with van der Waals surface area (Å²) in [6.45, 7) is 2.13. The summed E-state index contributed by atoms with van der Waals surface area (Å²) in [7, 11) is -4.15. The van der Waals surface area contributed by atoms with Crippen molar-refractivity contribution in [3.05, 3.63) is 104 Å². The van der Waals surface area contributed by atoms with Gasteiger partial charge in [-0.2, -0.15) is 32.1 Å². The number of hydrogen-bond acceptors (Lipinski definition) is 9. The molecule has 2 N–H and O–H groups in total. The molecule has 1 aliphatic heterocycles. The zero-order valence-corrected chi connectivity index (χ0v) is 36.8. The molecule has 1 saturated carbocycles. The van der Waals surface area contributed by atoms with Crippen LogP contribution in [-0.2, 0) is 51.2 Å². The number of rotatable bonds is 12. The van der Waals surface area contributed by atoms with Crippen molar-refractivity contribution in [1.82, 2.24) is 34.4 Å². The number of alkyl halides is 7. The van der Waals surface area contributed by atoms with E-state index >= 15 is 13.6 Å². The zero-order valence-electron chi connectivity index (χ0n) is 35.2. The van der Waals surface area contributed by atoms with Crippen LogP contribution in [0.2, 0.25) is 5.02 Å². The second-order valence-electron chi connectivity index (χ2n) is 17.0. The van der Waals surface area contributed by atoms with Crippen LogP contribution in [0.5, 0.6) is 0 Å². The van der Waals surface area contributed by atoms with Gasteiger partial charge in [0.1, 0.15) is 36.2 Å². The van der Waals surface area contributed by atoms with Crippen molar-refractivity contribution >= 4 is 60.8 Å². The van der Waals surface area contributed by atoms with Gasteiger partial charge in [0, 0.05) is 42.7 Å². The maximum atomic E-state index is 15.6. The highest BCUT2D eigenvalue weighted by Gasteiger charge is 2.68. The molecule has 2 aliphatic carbocycles. The Labute approximate surface area is 378 Å². The molecule has 3 aliphatic rings. The summed E-state index contributed by atoms with van der Waals surface area (Å²) >= 11 is 6.58. The fraction of sp³-hybridized carbons (Fsp3) is 0.405. The Kier molecular flexibility index (Phi) is 11.3. The number of sulfonamides is 1. The highest BCUT2D eigenvalue weighted by Crippen LogP contribution is 2.68. The number of nitrogens with zero attached hydrogens (tertiary/aromatic N) is 7. The summed E-state index contributed by atoms with van der Waals surface area (Å²) in [5, 5.41) is 9.44. The van der Waals surface area contributed by atoms with Crippen molar-refractivity contribution in [2.24, 2.45) is 5.92 Å². The number of nitrogens with one attached hydrogen (secondary N) is 2. The Hall–Kier alpha value is -5.88. The first kappa shape index (κ1) is 46.2. The van der Waals surface area contributed by atoms with Gasteiger partial charge >= 0.3 is 6.18 Å². The van der Waals surface area contributed by atoms with Crippen molar-refractivity contribution in [1.29, 1.82) is 0 Å². The molecule has 4 heterocycles. The second kappa shape index (κ2) is 16.4. The summed E-state index contributed by atoms with van der Waals surface area (Å²) in [5.41, 5.74) is -4.59. The number of carbonyl (C=O) groups excluding carboxylic acids is 1. The summed E-state index contributed by atoms with van der Waals surface area (Å²) in [6, 6.07) is 7.58. The fourth-order valence-electron chi connectivity index (χ4n) is 9.34. The highest BCUT2D eigenvalue weighted by molar-refractivity contribution is 7.92. The largest absolute Gasteiger partial charge is 0.435 e. The molecule has 0 radical (unpaired) electrons. The van der Waals surface area contributed by atoms with Crippen molar-refractivity contribution < 1.29 is 57.5 Å². The Balaban J connectivity index is 1.27. The molecule has 356 valence electrons. The summed E-state index contributed by atoms with van der Waals surface area (Å²) in [4.78, 5) is 36.1. The van der Waals surface area contributed by atoms with Gasteiger partial charge in [0.05, 0.1) is 57.0 Å². The number of carbonyl (C=O) groups is 1. The van der Waals surface area contributed by atoms with E-state index in [4.69, 9.17) is 21.3 Å². The molecular weight excluding hydrogens is 949 g/mol. The van der Waals surface area contributed by atoms with E-state index in [1.807, 2.05) is 18.7 Å². The molecule has 6 aromatic rings. The number of anilines is 2. The van der Waals surface area contributed by atoms with Crippen molar-refractivity contribution in [2.45, 2.75) is 82.5 Å². The van der Waals surface area contributed by atoms with Crippen LogP contribution in [0.3, 0.4) is 0 Å². The van der Waals surface area contributed by atoms with Gasteiger partial charge in [-0.1, -0.05) is 11.6 Å². The van der Waals surface area contributed by atoms with Gasteiger partial charge in [-0.3, -0.25) is 28.2 Å². The molecule has 1 saturated heterocycles. The maximum Gasteiger partial charge on any atom is 0.435 e. The van der Waals surface area contributed by atoms with E-state index in [-0.39, 0.29) is 61.4 Å². The van der Waals surface area contributed by atoms with Crippen LogP contribution in [0.4, 0.5) is 51.0 Å². The Morgan fingerprint density at radius 1 is 1.00 bits per heavy atom. The number of halogens is 10. The monoisotopic (exact) mass is 985 g/mol. The molecule has 3 aromatic carbocycles. The quantitative estimate of drug-likeness (QED) is 0.119. The molecule has 14 nitrogen and oxygen atoms in total. The maximum absolute atomic E-state index is 15.6. The number of fused-ring (bicyclic) bond motifs is 5. The molecule has 0 unspecified atom stereocenters. The normalized spacial score (nSPS) is 20.7. The molecule has 2 fully saturated rings. The third-order valence-electron chi connectivity index (χ3n) is 11.8. The summed E-state index contributed by atoms with van der Waals surface area (Å²) in [6.07, 6.45) is -8.81. The minimum absolute atomic E-state index is 0.0190. The molecular formula is C42H37ClF9N9O5S. The Morgan fingerprint density at radius 2 is 1.69 bits per heavy atom. The molecule has 67 heavy (non-hydrogen) atoms. The standard InChI is InChI=1S/C42H37ClF9N9O5S/c1-18-14-58(15-19(2)66-18)23-4-5-24-28(12-23)54-39(61(40(24)63)30-7-6-27(43)34-35(30)59(16-31(46)47)56-38(34)57-67(3,64)65)29(10-20-8-21(44)11-22(45)9-20)53-32(62)17-60-37-33(36(55-60)42(50,51)52)25-13-26(25)41(37,48)49/h4-9,11-12,18-19,25-26,29,31H,10,13-17H2,1-3H3,(H,53,62)(H,56,57)/t18-,19+,25-,26+,29-/m0/s1. The average Bonchev–Trinajstić information content (AvgIpc) is 3.73. The fourth-order valence-corrected chi connectivity index (χ4v) is 10.1. The van der Waals surface area contributed by atoms with E-state index in [0.717, 1.165) is 23.0 Å². The minimum Gasteiger partial charge on any atom is -0.372 e. The van der Waals surface area contributed by atoms with Crippen LogP contribution in [0, 0.1) is 17.6 Å². The van der Waals surface area contributed by atoms with E-state index in [1.54, 1.807) is 12.1 Å². The lowest BCUT2D eigenvalue weighted by Gasteiger charge is -2.37. The predicted molar refractivity (Wildman–Crippen MR) is 225 cm³/mol. The van der Waals surface area contributed by atoms with E-state index in [0.29, 0.717) is 29.5 Å². The van der Waals surface area contributed by atoms with Crippen LogP contribution in [0.25, 0.3) is 27.5 Å². The Bertz CT molecular complexity index is 3150. The molecule has 25 heteroatoms. The molecule has 1 amide bonds. The van der Waals surface area contributed by atoms with Crippen LogP contribution < -0.4 is 20.5 Å². The molecule has 0 spiro atoms. The van der Waals surface area contributed by atoms with Gasteiger partial charge in [0.25, 0.3) is 17.9 Å². The number of amides is 1. The van der Waals surface area contributed by atoms with E-state index in [1.165, 1.54) is 18.2 Å². The smallest absolute Gasteiger partial charge is 0.372 e. The van der Waals surface area contributed by atoms with Crippen LogP contribution >= 0.6 is 11.6 Å². The third-order valence-corrected chi connectivity index (χ3v) is 12.7. The van der Waals surface area contributed by atoms with Gasteiger partial charge in [0.2, 0.25) is 15.9 Å². The van der Waals surface area contributed by atoms with Crippen LogP contribution in [0.15, 0.2) is 53.3 Å². The van der Waals surface area contributed by atoms with E-state index < -0.39 is 118 Å². The third kappa shape index (κ3) is 8.66. The molecule has 3 aromatic heterocycles. The SMILES string of the molecule is C[C@@H]1CN(c2ccc3c(=O)n(-c4ccc(Cl)c5c(NS(C)(=O)=O)nn(CC(F)F)c45)c([C@H](Cc4cc(F)cc(F)c4)NC(=O)Cn4nc(C(F)(F)F)c5c4C(F)(F)[C@@H]4C[C@H]54)nc3c2)C[C@H](C)O1. The van der Waals surface area contributed by atoms with Crippen LogP contribution in [0.1, 0.15) is 60.6 Å². The first-order valence-corrected chi connectivity index (χ1v) is 22.9.